The maximum atomic E-state index is 5.83. The first-order valence-corrected chi connectivity index (χ1v) is 10.7. The molecule has 4 heteroatoms. The number of nitrogens with zero attached hydrogens (tertiary/aromatic N) is 2. The van der Waals surface area contributed by atoms with E-state index in [0.29, 0.717) is 5.82 Å². The second-order valence-corrected chi connectivity index (χ2v) is 8.09. The molecule has 0 unspecified atom stereocenters. The number of hydrogen-bond acceptors (Lipinski definition) is 3. The molecule has 0 aliphatic heterocycles. The van der Waals surface area contributed by atoms with Crippen LogP contribution < -0.4 is 11.1 Å². The number of anilines is 1. The molecular weight excluding hydrogens is 356 g/mol. The molecule has 4 nitrogen and oxygen atoms in total. The number of nitrogen functional groups attached to an aromatic ring is 1. The summed E-state index contributed by atoms with van der Waals surface area (Å²) in [6.45, 7) is 5.00. The number of aromatic nitrogens is 2. The van der Waals surface area contributed by atoms with Crippen molar-refractivity contribution in [3.8, 4) is 0 Å². The van der Waals surface area contributed by atoms with Crippen LogP contribution in [0.2, 0.25) is 0 Å². The summed E-state index contributed by atoms with van der Waals surface area (Å²) >= 11 is 0. The van der Waals surface area contributed by atoms with Crippen LogP contribution >= 0.6 is 0 Å². The predicted octanol–water partition coefficient (Wildman–Crippen LogP) is 4.96. The van der Waals surface area contributed by atoms with E-state index in [2.05, 4.69) is 58.2 Å². The third kappa shape index (κ3) is 3.38. The van der Waals surface area contributed by atoms with Crippen molar-refractivity contribution >= 4 is 27.6 Å². The molecule has 1 aliphatic carbocycles. The molecule has 2 aromatic carbocycles. The highest BCUT2D eigenvalue weighted by Gasteiger charge is 2.19. The quantitative estimate of drug-likeness (QED) is 0.511. The maximum absolute atomic E-state index is 5.83. The van der Waals surface area contributed by atoms with Crippen molar-refractivity contribution in [1.82, 2.24) is 14.9 Å². The topological polar surface area (TPSA) is 55.9 Å². The number of rotatable bonds is 5. The van der Waals surface area contributed by atoms with E-state index in [4.69, 9.17) is 5.73 Å². The van der Waals surface area contributed by atoms with E-state index >= 15 is 0 Å². The summed E-state index contributed by atoms with van der Waals surface area (Å²) in [4.78, 5) is 4.44. The van der Waals surface area contributed by atoms with Gasteiger partial charge in [0.1, 0.15) is 5.82 Å². The van der Waals surface area contributed by atoms with E-state index in [1.807, 2.05) is 12.1 Å². The average molecular weight is 385 g/mol. The number of nitrogens with one attached hydrogen (secondary N) is 1. The van der Waals surface area contributed by atoms with E-state index in [1.165, 1.54) is 47.7 Å². The van der Waals surface area contributed by atoms with Crippen LogP contribution in [-0.2, 0) is 32.5 Å². The van der Waals surface area contributed by atoms with Gasteiger partial charge in [0.05, 0.1) is 5.52 Å². The minimum Gasteiger partial charge on any atom is -0.384 e. The van der Waals surface area contributed by atoms with Gasteiger partial charge in [-0.3, -0.25) is 0 Å². The van der Waals surface area contributed by atoms with Gasteiger partial charge in [-0.25, -0.2) is 4.98 Å². The van der Waals surface area contributed by atoms with E-state index in [0.717, 1.165) is 30.5 Å². The Labute approximate surface area is 171 Å². The van der Waals surface area contributed by atoms with Gasteiger partial charge in [-0.2, -0.15) is 0 Å². The molecule has 0 fully saturated rings. The Morgan fingerprint density at radius 1 is 0.966 bits per heavy atom. The highest BCUT2D eigenvalue weighted by atomic mass is 15.0. The average Bonchev–Trinajstić information content (AvgIpc) is 3.06. The Balaban J connectivity index is 1.34. The Morgan fingerprint density at radius 2 is 1.72 bits per heavy atom. The molecule has 2 aromatic heterocycles. The standard InChI is InChI=1S/C25H28N4/c1-2-29-23-6-4-3-5-20(23)21-13-17(8-11-24(21)29)15-27-16-18-7-9-19-10-12-25(26)28-22(19)14-18/h7-14,27H,2-6,15-16H2,1H3,(H2,26,28). The lowest BCUT2D eigenvalue weighted by molar-refractivity contribution is 0.630. The van der Waals surface area contributed by atoms with Crippen LogP contribution in [0.3, 0.4) is 0 Å². The van der Waals surface area contributed by atoms with Crippen molar-refractivity contribution in [3.05, 3.63) is 70.9 Å². The lowest BCUT2D eigenvalue weighted by Crippen LogP contribution is -2.12. The van der Waals surface area contributed by atoms with E-state index in [9.17, 15) is 0 Å². The highest BCUT2D eigenvalue weighted by molar-refractivity contribution is 5.86. The number of aryl methyl sites for hydroxylation is 2. The third-order valence-corrected chi connectivity index (χ3v) is 6.19. The first-order chi connectivity index (χ1) is 14.2. The number of hydrogen-bond donors (Lipinski definition) is 2. The summed E-state index contributed by atoms with van der Waals surface area (Å²) in [6.07, 6.45) is 5.09. The van der Waals surface area contributed by atoms with Gasteiger partial charge in [-0.05, 0) is 79.6 Å². The lowest BCUT2D eigenvalue weighted by Gasteiger charge is -2.14. The highest BCUT2D eigenvalue weighted by Crippen LogP contribution is 2.32. The van der Waals surface area contributed by atoms with Gasteiger partial charge < -0.3 is 15.6 Å². The van der Waals surface area contributed by atoms with Gasteiger partial charge in [0.25, 0.3) is 0 Å². The summed E-state index contributed by atoms with van der Waals surface area (Å²) in [6, 6.07) is 17.3. The van der Waals surface area contributed by atoms with E-state index in [1.54, 1.807) is 11.3 Å². The van der Waals surface area contributed by atoms with Crippen molar-refractivity contribution in [3.63, 3.8) is 0 Å². The van der Waals surface area contributed by atoms with E-state index < -0.39 is 0 Å². The van der Waals surface area contributed by atoms with Gasteiger partial charge >= 0.3 is 0 Å². The number of nitrogens with two attached hydrogens (primary N) is 1. The molecule has 2 heterocycles. The fourth-order valence-corrected chi connectivity index (χ4v) is 4.79. The van der Waals surface area contributed by atoms with Gasteiger partial charge in [0.15, 0.2) is 0 Å². The molecule has 0 atom stereocenters. The van der Waals surface area contributed by atoms with Crippen molar-refractivity contribution in [2.24, 2.45) is 0 Å². The predicted molar refractivity (Wildman–Crippen MR) is 121 cm³/mol. The van der Waals surface area contributed by atoms with Crippen LogP contribution in [0.5, 0.6) is 0 Å². The zero-order valence-electron chi connectivity index (χ0n) is 17.0. The zero-order valence-corrected chi connectivity index (χ0v) is 17.0. The van der Waals surface area contributed by atoms with Crippen LogP contribution in [0, 0.1) is 0 Å². The van der Waals surface area contributed by atoms with Gasteiger partial charge in [-0.15, -0.1) is 0 Å². The Kier molecular flexibility index (Phi) is 4.72. The molecule has 0 spiro atoms. The minimum atomic E-state index is 0.568. The van der Waals surface area contributed by atoms with Gasteiger partial charge in [-0.1, -0.05) is 18.2 Å². The lowest BCUT2D eigenvalue weighted by atomic mass is 9.95. The van der Waals surface area contributed by atoms with Crippen molar-refractivity contribution in [2.75, 3.05) is 5.73 Å². The van der Waals surface area contributed by atoms with Crippen molar-refractivity contribution in [2.45, 2.75) is 52.2 Å². The van der Waals surface area contributed by atoms with Crippen LogP contribution in [-0.4, -0.2) is 9.55 Å². The minimum absolute atomic E-state index is 0.568. The normalized spacial score (nSPS) is 13.8. The van der Waals surface area contributed by atoms with Gasteiger partial charge in [0, 0.05) is 41.6 Å². The Morgan fingerprint density at radius 3 is 2.59 bits per heavy atom. The number of benzene rings is 2. The molecule has 5 rings (SSSR count). The first-order valence-electron chi connectivity index (χ1n) is 10.7. The Bertz CT molecular complexity index is 1190. The maximum Gasteiger partial charge on any atom is 0.124 e. The van der Waals surface area contributed by atoms with Crippen LogP contribution in [0.15, 0.2) is 48.5 Å². The third-order valence-electron chi connectivity index (χ3n) is 6.19. The molecule has 0 saturated carbocycles. The zero-order chi connectivity index (χ0) is 19.8. The molecule has 0 radical (unpaired) electrons. The van der Waals surface area contributed by atoms with Crippen molar-refractivity contribution in [1.29, 1.82) is 0 Å². The fraction of sp³-hybridized carbons (Fsp3) is 0.320. The Hall–Kier alpha value is -2.85. The summed E-state index contributed by atoms with van der Waals surface area (Å²) in [5, 5.41) is 6.18. The smallest absolute Gasteiger partial charge is 0.124 e. The van der Waals surface area contributed by atoms with E-state index in [-0.39, 0.29) is 0 Å². The molecule has 0 saturated heterocycles. The molecule has 148 valence electrons. The fourth-order valence-electron chi connectivity index (χ4n) is 4.79. The summed E-state index contributed by atoms with van der Waals surface area (Å²) in [7, 11) is 0. The molecule has 4 aromatic rings. The first kappa shape index (κ1) is 18.2. The summed E-state index contributed by atoms with van der Waals surface area (Å²) < 4.78 is 2.52. The van der Waals surface area contributed by atoms with Crippen molar-refractivity contribution < 1.29 is 0 Å². The molecule has 0 bridgehead atoms. The largest absolute Gasteiger partial charge is 0.384 e. The van der Waals surface area contributed by atoms with Crippen LogP contribution in [0.4, 0.5) is 5.82 Å². The number of pyridine rings is 1. The summed E-state index contributed by atoms with van der Waals surface area (Å²) in [5.41, 5.74) is 13.9. The molecule has 3 N–H and O–H groups in total. The second kappa shape index (κ2) is 7.53. The SMILES string of the molecule is CCn1c2c(c3cc(CNCc4ccc5ccc(N)nc5c4)ccc31)CCCC2. The summed E-state index contributed by atoms with van der Waals surface area (Å²) in [5.74, 6) is 0.568. The second-order valence-electron chi connectivity index (χ2n) is 8.09. The molecule has 1 aliphatic rings. The molecular formula is C25H28N4. The van der Waals surface area contributed by atoms with Gasteiger partial charge in [0.2, 0.25) is 0 Å². The molecule has 29 heavy (non-hydrogen) atoms. The van der Waals surface area contributed by atoms with Crippen LogP contribution in [0.25, 0.3) is 21.8 Å². The monoisotopic (exact) mass is 384 g/mol. The van der Waals surface area contributed by atoms with Crippen LogP contribution in [0.1, 0.15) is 42.1 Å². The number of fused-ring (bicyclic) bond motifs is 4. The molecule has 0 amide bonds.